The minimum atomic E-state index is 0.297. The highest BCUT2D eigenvalue weighted by Gasteiger charge is 2.15. The highest BCUT2D eigenvalue weighted by molar-refractivity contribution is 5.79. The second-order valence-corrected chi connectivity index (χ2v) is 5.59. The van der Waals surface area contributed by atoms with Crippen LogP contribution >= 0.6 is 0 Å². The Labute approximate surface area is 133 Å². The summed E-state index contributed by atoms with van der Waals surface area (Å²) < 4.78 is 16.5. The first kappa shape index (κ1) is 17.5. The minimum Gasteiger partial charge on any atom is -0.379 e. The van der Waals surface area contributed by atoms with Crippen LogP contribution in [0.3, 0.4) is 0 Å². The van der Waals surface area contributed by atoms with E-state index in [1.807, 2.05) is 0 Å². The van der Waals surface area contributed by atoms with Crippen molar-refractivity contribution < 1.29 is 14.2 Å². The molecule has 0 radical (unpaired) electrons. The Kier molecular flexibility index (Phi) is 8.55. The average Bonchev–Trinajstić information content (AvgIpc) is 3.07. The van der Waals surface area contributed by atoms with Crippen LogP contribution in [0.2, 0.25) is 0 Å². The Morgan fingerprint density at radius 3 is 2.77 bits per heavy atom. The van der Waals surface area contributed by atoms with Gasteiger partial charge < -0.3 is 24.8 Å². The number of nitrogens with zero attached hydrogens (tertiary/aromatic N) is 2. The molecule has 0 aliphatic carbocycles. The zero-order valence-corrected chi connectivity index (χ0v) is 13.7. The highest BCUT2D eigenvalue weighted by atomic mass is 16.5. The van der Waals surface area contributed by atoms with E-state index in [1.54, 1.807) is 7.05 Å². The van der Waals surface area contributed by atoms with Gasteiger partial charge in [0.1, 0.15) is 0 Å². The number of nitrogens with one attached hydrogen (secondary N) is 2. The lowest BCUT2D eigenvalue weighted by Crippen LogP contribution is -2.45. The van der Waals surface area contributed by atoms with Gasteiger partial charge in [-0.25, -0.2) is 0 Å². The van der Waals surface area contributed by atoms with Crippen molar-refractivity contribution >= 4 is 5.96 Å². The Morgan fingerprint density at radius 2 is 2.05 bits per heavy atom. The van der Waals surface area contributed by atoms with E-state index in [0.29, 0.717) is 19.3 Å². The van der Waals surface area contributed by atoms with Crippen LogP contribution in [0.1, 0.15) is 12.8 Å². The predicted octanol–water partition coefficient (Wildman–Crippen LogP) is -0.321. The average molecular weight is 314 g/mol. The monoisotopic (exact) mass is 314 g/mol. The van der Waals surface area contributed by atoms with E-state index in [1.165, 1.54) is 0 Å². The lowest BCUT2D eigenvalue weighted by atomic mass is 10.2. The van der Waals surface area contributed by atoms with Gasteiger partial charge in [-0.3, -0.25) is 9.89 Å². The van der Waals surface area contributed by atoms with Gasteiger partial charge in [-0.15, -0.1) is 0 Å². The quantitative estimate of drug-likeness (QED) is 0.364. The number of rotatable bonds is 8. The molecule has 2 heterocycles. The van der Waals surface area contributed by atoms with Crippen molar-refractivity contribution in [2.24, 2.45) is 4.99 Å². The fraction of sp³-hybridized carbons (Fsp3) is 0.933. The van der Waals surface area contributed by atoms with E-state index in [9.17, 15) is 0 Å². The molecule has 2 fully saturated rings. The van der Waals surface area contributed by atoms with E-state index in [0.717, 1.165) is 71.3 Å². The molecule has 0 amide bonds. The number of aliphatic imine (C=N–C) groups is 1. The normalized spacial score (nSPS) is 23.7. The molecular weight excluding hydrogens is 284 g/mol. The first-order chi connectivity index (χ1) is 10.9. The fourth-order valence-corrected chi connectivity index (χ4v) is 2.61. The van der Waals surface area contributed by atoms with Crippen LogP contribution in [0.4, 0.5) is 0 Å². The van der Waals surface area contributed by atoms with Crippen molar-refractivity contribution in [3.05, 3.63) is 0 Å². The van der Waals surface area contributed by atoms with Crippen LogP contribution in [0.5, 0.6) is 0 Å². The molecule has 0 bridgehead atoms. The van der Waals surface area contributed by atoms with Gasteiger partial charge in [0.05, 0.1) is 32.5 Å². The molecule has 0 saturated carbocycles. The molecule has 0 aromatic heterocycles. The zero-order valence-electron chi connectivity index (χ0n) is 13.7. The van der Waals surface area contributed by atoms with E-state index >= 15 is 0 Å². The summed E-state index contributed by atoms with van der Waals surface area (Å²) in [6.07, 6.45) is 2.58. The number of ether oxygens (including phenoxy) is 3. The Balaban J connectivity index is 1.45. The summed E-state index contributed by atoms with van der Waals surface area (Å²) in [5, 5.41) is 6.59. The number of morpholine rings is 1. The van der Waals surface area contributed by atoms with Gasteiger partial charge in [0.2, 0.25) is 0 Å². The molecule has 2 saturated heterocycles. The second kappa shape index (κ2) is 10.8. The molecule has 0 aromatic rings. The largest absolute Gasteiger partial charge is 0.379 e. The molecule has 128 valence electrons. The van der Waals surface area contributed by atoms with E-state index in [2.05, 4.69) is 20.5 Å². The molecule has 1 unspecified atom stereocenters. The van der Waals surface area contributed by atoms with Crippen LogP contribution in [0.15, 0.2) is 4.99 Å². The van der Waals surface area contributed by atoms with Gasteiger partial charge in [0.15, 0.2) is 5.96 Å². The number of hydrogen-bond acceptors (Lipinski definition) is 5. The SMILES string of the molecule is CN=C(NCCOCC1CCCO1)NCCN1CCOCC1. The van der Waals surface area contributed by atoms with Gasteiger partial charge in [0.25, 0.3) is 0 Å². The molecule has 7 nitrogen and oxygen atoms in total. The topological polar surface area (TPSA) is 67.4 Å². The van der Waals surface area contributed by atoms with Gasteiger partial charge in [-0.1, -0.05) is 0 Å². The summed E-state index contributed by atoms with van der Waals surface area (Å²) in [6, 6.07) is 0. The fourth-order valence-electron chi connectivity index (χ4n) is 2.61. The van der Waals surface area contributed by atoms with Crippen LogP contribution < -0.4 is 10.6 Å². The van der Waals surface area contributed by atoms with Crippen molar-refractivity contribution in [3.63, 3.8) is 0 Å². The molecule has 7 heteroatoms. The van der Waals surface area contributed by atoms with Crippen molar-refractivity contribution in [2.45, 2.75) is 18.9 Å². The van der Waals surface area contributed by atoms with Gasteiger partial charge >= 0.3 is 0 Å². The summed E-state index contributed by atoms with van der Waals surface area (Å²) in [5.41, 5.74) is 0. The lowest BCUT2D eigenvalue weighted by Gasteiger charge is -2.26. The van der Waals surface area contributed by atoms with Crippen LogP contribution in [0.25, 0.3) is 0 Å². The first-order valence-corrected chi connectivity index (χ1v) is 8.32. The number of hydrogen-bond donors (Lipinski definition) is 2. The van der Waals surface area contributed by atoms with Gasteiger partial charge in [-0.05, 0) is 12.8 Å². The third kappa shape index (κ3) is 6.91. The molecule has 2 aliphatic rings. The molecule has 22 heavy (non-hydrogen) atoms. The van der Waals surface area contributed by atoms with Crippen molar-refractivity contribution in [2.75, 3.05) is 72.8 Å². The third-order valence-corrected chi connectivity index (χ3v) is 3.91. The smallest absolute Gasteiger partial charge is 0.191 e. The summed E-state index contributed by atoms with van der Waals surface area (Å²) in [5.74, 6) is 0.828. The van der Waals surface area contributed by atoms with E-state index in [4.69, 9.17) is 14.2 Å². The maximum absolute atomic E-state index is 5.62. The predicted molar refractivity (Wildman–Crippen MR) is 86.4 cm³/mol. The van der Waals surface area contributed by atoms with E-state index in [-0.39, 0.29) is 0 Å². The summed E-state index contributed by atoms with van der Waals surface area (Å²) in [4.78, 5) is 6.61. The van der Waals surface area contributed by atoms with Crippen LogP contribution in [-0.4, -0.2) is 89.8 Å². The zero-order chi connectivity index (χ0) is 15.5. The first-order valence-electron chi connectivity index (χ1n) is 8.32. The van der Waals surface area contributed by atoms with E-state index < -0.39 is 0 Å². The maximum Gasteiger partial charge on any atom is 0.191 e. The Morgan fingerprint density at radius 1 is 1.23 bits per heavy atom. The molecule has 2 aliphatic heterocycles. The third-order valence-electron chi connectivity index (χ3n) is 3.91. The molecule has 2 rings (SSSR count). The minimum absolute atomic E-state index is 0.297. The summed E-state index contributed by atoms with van der Waals surface area (Å²) in [6.45, 7) is 8.63. The van der Waals surface area contributed by atoms with Crippen molar-refractivity contribution in [1.29, 1.82) is 0 Å². The molecule has 2 N–H and O–H groups in total. The Bertz CT molecular complexity index is 316. The molecular formula is C15H30N4O3. The van der Waals surface area contributed by atoms with Crippen molar-refractivity contribution in [1.82, 2.24) is 15.5 Å². The lowest BCUT2D eigenvalue weighted by molar-refractivity contribution is 0.0191. The Hall–Kier alpha value is -0.890. The standard InChI is InChI=1S/C15H30N4O3/c1-16-15(17-4-6-19-7-11-20-12-8-19)18-5-10-21-13-14-3-2-9-22-14/h14H,2-13H2,1H3,(H2,16,17,18). The summed E-state index contributed by atoms with van der Waals surface area (Å²) in [7, 11) is 1.79. The van der Waals surface area contributed by atoms with Gasteiger partial charge in [0, 0.05) is 46.4 Å². The summed E-state index contributed by atoms with van der Waals surface area (Å²) >= 11 is 0. The van der Waals surface area contributed by atoms with Crippen molar-refractivity contribution in [3.8, 4) is 0 Å². The second-order valence-electron chi connectivity index (χ2n) is 5.59. The number of guanidine groups is 1. The molecule has 1 atom stereocenters. The molecule has 0 aromatic carbocycles. The highest BCUT2D eigenvalue weighted by Crippen LogP contribution is 2.11. The molecule has 0 spiro atoms. The maximum atomic E-state index is 5.62. The van der Waals surface area contributed by atoms with Crippen LogP contribution in [-0.2, 0) is 14.2 Å². The van der Waals surface area contributed by atoms with Gasteiger partial charge in [-0.2, -0.15) is 0 Å². The van der Waals surface area contributed by atoms with Crippen LogP contribution in [0, 0.1) is 0 Å².